The highest BCUT2D eigenvalue weighted by molar-refractivity contribution is 5.94. The largest absolute Gasteiger partial charge is 0.480 e. The number of aromatic nitrogens is 2. The number of amides is 1. The second-order valence-electron chi connectivity index (χ2n) is 10.9. The lowest BCUT2D eigenvalue weighted by atomic mass is 9.95. The molecule has 10 nitrogen and oxygen atoms in total. The molecule has 1 aliphatic heterocycles. The van der Waals surface area contributed by atoms with Crippen LogP contribution in [0.2, 0.25) is 0 Å². The number of ether oxygens (including phenoxy) is 1. The van der Waals surface area contributed by atoms with Gasteiger partial charge in [0.2, 0.25) is 5.91 Å². The Labute approximate surface area is 240 Å². The highest BCUT2D eigenvalue weighted by atomic mass is 19.1. The number of rotatable bonds is 16. The van der Waals surface area contributed by atoms with Crippen LogP contribution >= 0.6 is 0 Å². The molecular formula is C30H39FN6O4. The Bertz CT molecular complexity index is 1240. The van der Waals surface area contributed by atoms with Crippen molar-refractivity contribution in [2.75, 3.05) is 45.3 Å². The van der Waals surface area contributed by atoms with Crippen LogP contribution in [0.3, 0.4) is 0 Å². The van der Waals surface area contributed by atoms with Crippen molar-refractivity contribution < 1.29 is 23.8 Å². The van der Waals surface area contributed by atoms with E-state index in [1.165, 1.54) is 18.9 Å². The van der Waals surface area contributed by atoms with Gasteiger partial charge in [0.15, 0.2) is 0 Å². The highest BCUT2D eigenvalue weighted by Crippen LogP contribution is 2.48. The number of alkyl halides is 1. The van der Waals surface area contributed by atoms with E-state index in [1.54, 1.807) is 12.3 Å². The van der Waals surface area contributed by atoms with E-state index in [0.29, 0.717) is 43.6 Å². The van der Waals surface area contributed by atoms with Gasteiger partial charge >= 0.3 is 5.97 Å². The molecule has 1 fully saturated rings. The van der Waals surface area contributed by atoms with E-state index in [2.05, 4.69) is 27.8 Å². The smallest absolute Gasteiger partial charge is 0.326 e. The van der Waals surface area contributed by atoms with Gasteiger partial charge in [0, 0.05) is 44.8 Å². The predicted octanol–water partition coefficient (Wildman–Crippen LogP) is 3.01. The summed E-state index contributed by atoms with van der Waals surface area (Å²) in [6.07, 6.45) is 8.35. The van der Waals surface area contributed by atoms with Gasteiger partial charge < -0.3 is 25.4 Å². The number of carboxylic acids is 1. The van der Waals surface area contributed by atoms with Crippen LogP contribution in [0.1, 0.15) is 60.9 Å². The van der Waals surface area contributed by atoms with Crippen LogP contribution in [0.4, 0.5) is 10.2 Å². The van der Waals surface area contributed by atoms with Crippen molar-refractivity contribution in [3.63, 3.8) is 0 Å². The molecule has 2 aromatic rings. The summed E-state index contributed by atoms with van der Waals surface area (Å²) >= 11 is 0. The molecule has 0 spiro atoms. The van der Waals surface area contributed by atoms with Crippen LogP contribution in [0, 0.1) is 11.3 Å². The van der Waals surface area contributed by atoms with Gasteiger partial charge in [0.1, 0.15) is 24.6 Å². The fourth-order valence-electron chi connectivity index (χ4n) is 5.32. The first-order chi connectivity index (χ1) is 19.9. The molecule has 0 unspecified atom stereocenters. The molecule has 41 heavy (non-hydrogen) atoms. The summed E-state index contributed by atoms with van der Waals surface area (Å²) in [5.41, 5.74) is 2.40. The number of pyridine rings is 2. The van der Waals surface area contributed by atoms with E-state index in [-0.39, 0.29) is 12.3 Å². The zero-order valence-corrected chi connectivity index (χ0v) is 23.6. The molecule has 1 amide bonds. The second kappa shape index (κ2) is 14.3. The molecule has 220 valence electrons. The minimum atomic E-state index is -1.13. The van der Waals surface area contributed by atoms with Crippen LogP contribution in [0.25, 0.3) is 0 Å². The quantitative estimate of drug-likeness (QED) is 0.262. The van der Waals surface area contributed by atoms with E-state index < -0.39 is 30.2 Å². The number of carboxylic acid groups (broad SMARTS) is 1. The topological polar surface area (TPSA) is 140 Å². The number of nitriles is 1. The molecule has 2 aromatic heterocycles. The number of carbonyl (C=O) groups excluding carboxylic acids is 1. The van der Waals surface area contributed by atoms with E-state index in [4.69, 9.17) is 9.72 Å². The van der Waals surface area contributed by atoms with Crippen molar-refractivity contribution in [2.24, 2.45) is 0 Å². The average molecular weight is 567 g/mol. The molecule has 1 saturated carbocycles. The summed E-state index contributed by atoms with van der Waals surface area (Å²) in [6.45, 7) is 1.62. The van der Waals surface area contributed by atoms with E-state index >= 15 is 0 Å². The third-order valence-electron chi connectivity index (χ3n) is 8.02. The Kier molecular flexibility index (Phi) is 10.6. The molecule has 0 aromatic carbocycles. The number of methoxy groups -OCH3 is 1. The number of nitrogens with one attached hydrogen (secondary N) is 2. The van der Waals surface area contributed by atoms with Crippen molar-refractivity contribution in [2.45, 2.75) is 68.9 Å². The second-order valence-corrected chi connectivity index (χ2v) is 10.9. The summed E-state index contributed by atoms with van der Waals surface area (Å²) in [6, 6.07) is 6.78. The third-order valence-corrected chi connectivity index (χ3v) is 8.02. The van der Waals surface area contributed by atoms with Crippen LogP contribution in [0.5, 0.6) is 0 Å². The number of aryl methyl sites for hydroxylation is 2. The van der Waals surface area contributed by atoms with Gasteiger partial charge in [-0.15, -0.1) is 0 Å². The molecule has 2 aliphatic rings. The van der Waals surface area contributed by atoms with Gasteiger partial charge in [0.25, 0.3) is 0 Å². The normalized spacial score (nSPS) is 16.6. The van der Waals surface area contributed by atoms with Gasteiger partial charge in [-0.25, -0.2) is 14.2 Å². The number of nitrogens with zero attached hydrogens (tertiary/aromatic N) is 4. The summed E-state index contributed by atoms with van der Waals surface area (Å²) in [7, 11) is 1.46. The number of anilines is 1. The molecule has 2 atom stereocenters. The van der Waals surface area contributed by atoms with Gasteiger partial charge in [-0.05, 0) is 81.2 Å². The first-order valence-corrected chi connectivity index (χ1v) is 14.3. The number of halogens is 1. The number of carbonyl (C=O) groups is 2. The Morgan fingerprint density at radius 2 is 2.12 bits per heavy atom. The lowest BCUT2D eigenvalue weighted by Gasteiger charge is -2.27. The van der Waals surface area contributed by atoms with Crippen LogP contribution in [-0.4, -0.2) is 84.0 Å². The molecular weight excluding hydrogens is 527 g/mol. The summed E-state index contributed by atoms with van der Waals surface area (Å²) in [5.74, 6) is -0.525. The standard InChI is InChI=1S/C30H39FN6O4/c1-41-25(16-31)20-37(13-3-2-6-24-8-7-22-5-4-12-34-27(22)35-24)14-9-26(28(38)39)36-29(40)30(10-11-30)23-15-21(17-32)18-33-19-23/h7-8,15,18-19,25-26H,2-6,9-14,16,20H2,1H3,(H,34,35)(H,36,40)(H,38,39)/t25-,26+/m1/s1. The maximum Gasteiger partial charge on any atom is 0.326 e. The number of aliphatic carboxylic acids is 1. The molecule has 0 saturated heterocycles. The fraction of sp³-hybridized carbons (Fsp3) is 0.567. The lowest BCUT2D eigenvalue weighted by Crippen LogP contribution is -2.47. The van der Waals surface area contributed by atoms with E-state index in [0.717, 1.165) is 50.2 Å². The van der Waals surface area contributed by atoms with Crippen molar-refractivity contribution in [3.05, 3.63) is 53.0 Å². The Morgan fingerprint density at radius 1 is 1.29 bits per heavy atom. The monoisotopic (exact) mass is 566 g/mol. The molecule has 0 bridgehead atoms. The SMILES string of the molecule is CO[C@H](CF)CN(CCCCc1ccc2c(n1)NCCC2)CC[C@H](NC(=O)C1(c2cncc(C#N)c2)CC1)C(=O)O. The molecule has 3 N–H and O–H groups in total. The van der Waals surface area contributed by atoms with Gasteiger partial charge in [0.05, 0.1) is 17.1 Å². The zero-order valence-electron chi connectivity index (χ0n) is 23.6. The Hall–Kier alpha value is -3.62. The maximum absolute atomic E-state index is 13.5. The molecule has 4 rings (SSSR count). The van der Waals surface area contributed by atoms with Gasteiger partial charge in [-0.3, -0.25) is 9.78 Å². The number of hydrogen-bond acceptors (Lipinski definition) is 8. The van der Waals surface area contributed by atoms with Crippen LogP contribution in [0.15, 0.2) is 30.6 Å². The van der Waals surface area contributed by atoms with Gasteiger partial charge in [-0.2, -0.15) is 5.26 Å². The van der Waals surface area contributed by atoms with E-state index in [1.807, 2.05) is 11.0 Å². The zero-order chi connectivity index (χ0) is 29.2. The summed E-state index contributed by atoms with van der Waals surface area (Å²) in [5, 5.41) is 25.2. The van der Waals surface area contributed by atoms with Crippen molar-refractivity contribution in [3.8, 4) is 6.07 Å². The van der Waals surface area contributed by atoms with Crippen molar-refractivity contribution >= 4 is 17.7 Å². The first-order valence-electron chi connectivity index (χ1n) is 14.3. The van der Waals surface area contributed by atoms with E-state index in [9.17, 15) is 24.3 Å². The molecule has 3 heterocycles. The third kappa shape index (κ3) is 7.99. The lowest BCUT2D eigenvalue weighted by molar-refractivity contribution is -0.142. The average Bonchev–Trinajstić information content (AvgIpc) is 3.81. The summed E-state index contributed by atoms with van der Waals surface area (Å²) in [4.78, 5) is 36.1. The number of hydrogen-bond donors (Lipinski definition) is 3. The molecule has 0 radical (unpaired) electrons. The minimum Gasteiger partial charge on any atom is -0.480 e. The predicted molar refractivity (Wildman–Crippen MR) is 151 cm³/mol. The van der Waals surface area contributed by atoms with Crippen LogP contribution in [-0.2, 0) is 32.6 Å². The van der Waals surface area contributed by atoms with Gasteiger partial charge in [-0.1, -0.05) is 6.07 Å². The maximum atomic E-state index is 13.5. The van der Waals surface area contributed by atoms with Crippen molar-refractivity contribution in [1.82, 2.24) is 20.2 Å². The number of unbranched alkanes of at least 4 members (excludes halogenated alkanes) is 1. The molecule has 1 aliphatic carbocycles. The number of fused-ring (bicyclic) bond motifs is 1. The molecule has 11 heteroatoms. The fourth-order valence-corrected chi connectivity index (χ4v) is 5.32. The minimum absolute atomic E-state index is 0.161. The highest BCUT2D eigenvalue weighted by Gasteiger charge is 2.52. The van der Waals surface area contributed by atoms with Crippen molar-refractivity contribution in [1.29, 1.82) is 5.26 Å². The Balaban J connectivity index is 1.32. The summed E-state index contributed by atoms with van der Waals surface area (Å²) < 4.78 is 18.7. The van der Waals surface area contributed by atoms with Crippen LogP contribution < -0.4 is 10.6 Å². The first kappa shape index (κ1) is 30.3. The Morgan fingerprint density at radius 3 is 2.83 bits per heavy atom.